The fourth-order valence-electron chi connectivity index (χ4n) is 3.26. The standard InChI is InChI=1S/C16H24N2O2/c1-7-17-8-2-14(1)3-9-18-15-4-10-20-16(13-15)5-11-19-12-6-16/h1-2,7-8,15,18H,3-6,9-13H2/t15-/m1/s1. The zero-order valence-corrected chi connectivity index (χ0v) is 12.0. The molecular formula is C16H24N2O2. The number of hydrogen-bond donors (Lipinski definition) is 1. The highest BCUT2D eigenvalue weighted by Gasteiger charge is 2.38. The van der Waals surface area contributed by atoms with Crippen molar-refractivity contribution in [3.05, 3.63) is 30.1 Å². The van der Waals surface area contributed by atoms with E-state index in [1.54, 1.807) is 0 Å². The minimum absolute atomic E-state index is 0.0881. The monoisotopic (exact) mass is 276 g/mol. The highest BCUT2D eigenvalue weighted by Crippen LogP contribution is 2.34. The first-order chi connectivity index (χ1) is 9.86. The van der Waals surface area contributed by atoms with Gasteiger partial charge < -0.3 is 14.8 Å². The molecule has 0 bridgehead atoms. The lowest BCUT2D eigenvalue weighted by Gasteiger charge is -2.43. The predicted molar refractivity (Wildman–Crippen MR) is 77.7 cm³/mol. The van der Waals surface area contributed by atoms with Crippen LogP contribution in [0, 0.1) is 0 Å². The number of nitrogens with zero attached hydrogens (tertiary/aromatic N) is 1. The van der Waals surface area contributed by atoms with Crippen LogP contribution in [-0.4, -0.2) is 43.0 Å². The molecule has 2 aliphatic heterocycles. The number of pyridine rings is 1. The Bertz CT molecular complexity index is 399. The maximum absolute atomic E-state index is 6.07. The van der Waals surface area contributed by atoms with Gasteiger partial charge in [-0.1, -0.05) is 0 Å². The van der Waals surface area contributed by atoms with E-state index in [2.05, 4.69) is 22.4 Å². The third-order valence-corrected chi connectivity index (χ3v) is 4.49. The predicted octanol–water partition coefficient (Wildman–Crippen LogP) is 1.94. The molecule has 0 radical (unpaired) electrons. The summed E-state index contributed by atoms with van der Waals surface area (Å²) < 4.78 is 11.5. The van der Waals surface area contributed by atoms with Crippen molar-refractivity contribution in [1.29, 1.82) is 0 Å². The van der Waals surface area contributed by atoms with Crippen LogP contribution >= 0.6 is 0 Å². The summed E-state index contributed by atoms with van der Waals surface area (Å²) in [5.74, 6) is 0. The maximum Gasteiger partial charge on any atom is 0.0741 e. The van der Waals surface area contributed by atoms with Crippen molar-refractivity contribution in [3.63, 3.8) is 0 Å². The van der Waals surface area contributed by atoms with Crippen LogP contribution in [0.1, 0.15) is 31.2 Å². The molecule has 20 heavy (non-hydrogen) atoms. The van der Waals surface area contributed by atoms with E-state index in [0.29, 0.717) is 6.04 Å². The Hall–Kier alpha value is -0.970. The molecule has 2 saturated heterocycles. The number of nitrogens with one attached hydrogen (secondary N) is 1. The minimum Gasteiger partial charge on any atom is -0.381 e. The average molecular weight is 276 g/mol. The molecule has 0 saturated carbocycles. The molecule has 2 fully saturated rings. The van der Waals surface area contributed by atoms with Crippen LogP contribution in [0.2, 0.25) is 0 Å². The maximum atomic E-state index is 6.07. The molecule has 1 aromatic rings. The van der Waals surface area contributed by atoms with Crippen LogP contribution in [0.3, 0.4) is 0 Å². The molecular weight excluding hydrogens is 252 g/mol. The van der Waals surface area contributed by atoms with E-state index in [1.807, 2.05) is 12.4 Å². The van der Waals surface area contributed by atoms with Gasteiger partial charge in [-0.3, -0.25) is 4.98 Å². The van der Waals surface area contributed by atoms with E-state index in [1.165, 1.54) is 5.56 Å². The number of rotatable bonds is 4. The topological polar surface area (TPSA) is 43.4 Å². The highest BCUT2D eigenvalue weighted by atomic mass is 16.5. The molecule has 0 aromatic carbocycles. The van der Waals surface area contributed by atoms with Crippen molar-refractivity contribution in [3.8, 4) is 0 Å². The van der Waals surface area contributed by atoms with E-state index in [4.69, 9.17) is 9.47 Å². The fourth-order valence-corrected chi connectivity index (χ4v) is 3.26. The van der Waals surface area contributed by atoms with E-state index in [0.717, 1.165) is 58.5 Å². The van der Waals surface area contributed by atoms with Crippen molar-refractivity contribution in [1.82, 2.24) is 10.3 Å². The van der Waals surface area contributed by atoms with Gasteiger partial charge in [0, 0.05) is 38.3 Å². The van der Waals surface area contributed by atoms with Gasteiger partial charge in [-0.25, -0.2) is 0 Å². The first-order valence-corrected chi connectivity index (χ1v) is 7.70. The third-order valence-electron chi connectivity index (χ3n) is 4.49. The number of aromatic nitrogens is 1. The quantitative estimate of drug-likeness (QED) is 0.913. The molecule has 4 heteroatoms. The summed E-state index contributed by atoms with van der Waals surface area (Å²) in [5.41, 5.74) is 1.44. The summed E-state index contributed by atoms with van der Waals surface area (Å²) >= 11 is 0. The second-order valence-corrected chi connectivity index (χ2v) is 5.89. The molecule has 1 atom stereocenters. The highest BCUT2D eigenvalue weighted by molar-refractivity contribution is 5.09. The molecule has 3 heterocycles. The van der Waals surface area contributed by atoms with Gasteiger partial charge in [0.25, 0.3) is 0 Å². The van der Waals surface area contributed by atoms with Gasteiger partial charge in [0.05, 0.1) is 5.60 Å². The lowest BCUT2D eigenvalue weighted by molar-refractivity contribution is -0.140. The molecule has 3 rings (SSSR count). The first kappa shape index (κ1) is 14.0. The summed E-state index contributed by atoms with van der Waals surface area (Å²) in [6.45, 7) is 3.61. The lowest BCUT2D eigenvalue weighted by Crippen LogP contribution is -2.50. The van der Waals surface area contributed by atoms with Gasteiger partial charge in [0.1, 0.15) is 0 Å². The second kappa shape index (κ2) is 6.66. The van der Waals surface area contributed by atoms with E-state index >= 15 is 0 Å². The second-order valence-electron chi connectivity index (χ2n) is 5.89. The van der Waals surface area contributed by atoms with Gasteiger partial charge in [-0.15, -0.1) is 0 Å². The fraction of sp³-hybridized carbons (Fsp3) is 0.688. The van der Waals surface area contributed by atoms with Crippen LogP contribution in [0.4, 0.5) is 0 Å². The van der Waals surface area contributed by atoms with Crippen molar-refractivity contribution >= 4 is 0 Å². The van der Waals surface area contributed by atoms with Crippen molar-refractivity contribution < 1.29 is 9.47 Å². The normalized spacial score (nSPS) is 25.7. The summed E-state index contributed by atoms with van der Waals surface area (Å²) in [5, 5.41) is 3.70. The molecule has 110 valence electrons. The molecule has 4 nitrogen and oxygen atoms in total. The van der Waals surface area contributed by atoms with Gasteiger partial charge in [0.2, 0.25) is 0 Å². The first-order valence-electron chi connectivity index (χ1n) is 7.70. The summed E-state index contributed by atoms with van der Waals surface area (Å²) in [7, 11) is 0. The van der Waals surface area contributed by atoms with E-state index < -0.39 is 0 Å². The number of ether oxygens (including phenoxy) is 2. The zero-order chi connectivity index (χ0) is 13.7. The Morgan fingerprint density at radius 2 is 2.00 bits per heavy atom. The van der Waals surface area contributed by atoms with Crippen LogP contribution < -0.4 is 5.32 Å². The molecule has 1 N–H and O–H groups in total. The summed E-state index contributed by atoms with van der Waals surface area (Å²) in [4.78, 5) is 4.05. The average Bonchev–Trinajstić information content (AvgIpc) is 2.49. The van der Waals surface area contributed by atoms with Crippen molar-refractivity contribution in [2.45, 2.75) is 43.7 Å². The molecule has 0 unspecified atom stereocenters. The van der Waals surface area contributed by atoms with Crippen LogP contribution in [0.25, 0.3) is 0 Å². The largest absolute Gasteiger partial charge is 0.381 e. The van der Waals surface area contributed by atoms with Gasteiger partial charge in [-0.2, -0.15) is 0 Å². The Balaban J connectivity index is 1.45. The Kier molecular flexibility index (Phi) is 4.65. The van der Waals surface area contributed by atoms with Gasteiger partial charge >= 0.3 is 0 Å². The van der Waals surface area contributed by atoms with E-state index in [-0.39, 0.29) is 5.60 Å². The Labute approximate surface area is 120 Å². The third kappa shape index (κ3) is 3.57. The molecule has 2 aliphatic rings. The SMILES string of the molecule is c1cc(CCN[C@@H]2CCOC3(CCOCC3)C2)ccn1. The molecule has 1 aromatic heterocycles. The molecule has 0 aliphatic carbocycles. The smallest absolute Gasteiger partial charge is 0.0741 e. The van der Waals surface area contributed by atoms with Gasteiger partial charge in [0.15, 0.2) is 0 Å². The van der Waals surface area contributed by atoms with Crippen LogP contribution in [-0.2, 0) is 15.9 Å². The summed E-state index contributed by atoms with van der Waals surface area (Å²) in [6.07, 6.45) is 9.15. The van der Waals surface area contributed by atoms with Crippen LogP contribution in [0.5, 0.6) is 0 Å². The van der Waals surface area contributed by atoms with Crippen LogP contribution in [0.15, 0.2) is 24.5 Å². The lowest BCUT2D eigenvalue weighted by atomic mass is 9.84. The van der Waals surface area contributed by atoms with E-state index in [9.17, 15) is 0 Å². The minimum atomic E-state index is 0.0881. The summed E-state index contributed by atoms with van der Waals surface area (Å²) in [6, 6.07) is 4.76. The van der Waals surface area contributed by atoms with Gasteiger partial charge in [-0.05, 0) is 56.3 Å². The van der Waals surface area contributed by atoms with Crippen molar-refractivity contribution in [2.24, 2.45) is 0 Å². The molecule has 1 spiro atoms. The number of hydrogen-bond acceptors (Lipinski definition) is 4. The van der Waals surface area contributed by atoms with Crippen molar-refractivity contribution in [2.75, 3.05) is 26.4 Å². The Morgan fingerprint density at radius 1 is 1.20 bits per heavy atom. The Morgan fingerprint density at radius 3 is 2.80 bits per heavy atom. The zero-order valence-electron chi connectivity index (χ0n) is 12.0. The molecule has 0 amide bonds.